The maximum absolute atomic E-state index is 14.0. The van der Waals surface area contributed by atoms with Gasteiger partial charge in [0.15, 0.2) is 5.76 Å². The summed E-state index contributed by atoms with van der Waals surface area (Å²) in [4.78, 5) is 16.7. The second-order valence-electron chi connectivity index (χ2n) is 9.84. The highest BCUT2D eigenvalue weighted by molar-refractivity contribution is 5.96. The molecule has 5 rings (SSSR count). The average Bonchev–Trinajstić information content (AvgIpc) is 3.25. The maximum atomic E-state index is 14.0. The van der Waals surface area contributed by atoms with E-state index in [4.69, 9.17) is 9.15 Å². The van der Waals surface area contributed by atoms with Gasteiger partial charge in [0.1, 0.15) is 17.2 Å². The number of carbonyl (C=O) groups excluding carboxylic acids is 1. The van der Waals surface area contributed by atoms with Gasteiger partial charge in [-0.25, -0.2) is 8.78 Å². The molecule has 2 fully saturated rings. The van der Waals surface area contributed by atoms with Crippen LogP contribution >= 0.6 is 0 Å². The van der Waals surface area contributed by atoms with Gasteiger partial charge in [0, 0.05) is 43.7 Å². The number of fused-ring (bicyclic) bond motifs is 1. The summed E-state index contributed by atoms with van der Waals surface area (Å²) in [6.45, 7) is 6.09. The number of aliphatic hydroxyl groups is 1. The third-order valence-electron chi connectivity index (χ3n) is 7.10. The molecular formula is C27H30F2N2O4. The van der Waals surface area contributed by atoms with Gasteiger partial charge in [-0.1, -0.05) is 12.1 Å². The number of carbonyl (C=O) groups is 1. The zero-order valence-corrected chi connectivity index (χ0v) is 20.0. The number of rotatable bonds is 4. The summed E-state index contributed by atoms with van der Waals surface area (Å²) in [6.07, 6.45) is 0.797. The van der Waals surface area contributed by atoms with Gasteiger partial charge < -0.3 is 19.2 Å². The highest BCUT2D eigenvalue weighted by Crippen LogP contribution is 2.36. The fraction of sp³-hybridized carbons (Fsp3) is 0.444. The number of piperidine rings is 1. The molecule has 2 saturated heterocycles. The summed E-state index contributed by atoms with van der Waals surface area (Å²) in [5.74, 6) is -1.01. The van der Waals surface area contributed by atoms with E-state index in [1.165, 1.54) is 18.2 Å². The van der Waals surface area contributed by atoms with Crippen LogP contribution in [0.4, 0.5) is 8.78 Å². The van der Waals surface area contributed by atoms with Crippen molar-refractivity contribution in [3.63, 3.8) is 0 Å². The lowest BCUT2D eigenvalue weighted by Gasteiger charge is -2.38. The predicted molar refractivity (Wildman–Crippen MR) is 127 cm³/mol. The van der Waals surface area contributed by atoms with E-state index in [0.717, 1.165) is 10.9 Å². The number of likely N-dealkylation sites (tertiary alicyclic amines) is 1. The van der Waals surface area contributed by atoms with Gasteiger partial charge in [-0.15, -0.1) is 0 Å². The zero-order valence-electron chi connectivity index (χ0n) is 20.0. The molecule has 2 aromatic carbocycles. The topological polar surface area (TPSA) is 66.2 Å². The first kappa shape index (κ1) is 23.9. The Morgan fingerprint density at radius 3 is 2.37 bits per heavy atom. The molecule has 2 aliphatic rings. The normalized spacial score (nSPS) is 23.1. The van der Waals surface area contributed by atoms with Gasteiger partial charge in [0.25, 0.3) is 5.91 Å². The van der Waals surface area contributed by atoms with Gasteiger partial charge in [0.05, 0.1) is 17.8 Å². The largest absolute Gasteiger partial charge is 0.451 e. The molecule has 0 radical (unpaired) electrons. The fourth-order valence-electron chi connectivity index (χ4n) is 5.21. The van der Waals surface area contributed by atoms with E-state index in [1.54, 1.807) is 17.0 Å². The molecule has 3 heterocycles. The van der Waals surface area contributed by atoms with Crippen LogP contribution in [0.25, 0.3) is 11.0 Å². The van der Waals surface area contributed by atoms with Crippen LogP contribution in [0.5, 0.6) is 0 Å². The third-order valence-corrected chi connectivity index (χ3v) is 7.10. The van der Waals surface area contributed by atoms with Gasteiger partial charge in [-0.05, 0) is 62.6 Å². The van der Waals surface area contributed by atoms with Gasteiger partial charge >= 0.3 is 0 Å². The van der Waals surface area contributed by atoms with Crippen LogP contribution in [-0.4, -0.2) is 59.2 Å². The summed E-state index contributed by atoms with van der Waals surface area (Å²) in [5, 5.41) is 12.1. The Morgan fingerprint density at radius 1 is 1.06 bits per heavy atom. The number of furan rings is 1. The number of benzene rings is 2. The van der Waals surface area contributed by atoms with Gasteiger partial charge in [0.2, 0.25) is 0 Å². The van der Waals surface area contributed by atoms with E-state index in [-0.39, 0.29) is 36.0 Å². The van der Waals surface area contributed by atoms with Crippen molar-refractivity contribution in [1.82, 2.24) is 9.80 Å². The van der Waals surface area contributed by atoms with Crippen molar-refractivity contribution >= 4 is 16.9 Å². The molecule has 1 aromatic heterocycles. The average molecular weight is 485 g/mol. The quantitative estimate of drug-likeness (QED) is 0.593. The number of ether oxygens (including phenoxy) is 1. The van der Waals surface area contributed by atoms with E-state index < -0.39 is 17.2 Å². The summed E-state index contributed by atoms with van der Waals surface area (Å²) < 4.78 is 39.6. The SMILES string of the molecule is C[C@@H]1CN(C(=O)c2cc3cc(C4(O)CCN(Cc5c(F)cccc5F)CC4)ccc3o2)C[C@H](C)O1. The van der Waals surface area contributed by atoms with Crippen LogP contribution in [0.3, 0.4) is 0 Å². The lowest BCUT2D eigenvalue weighted by molar-refractivity contribution is -0.0591. The first-order chi connectivity index (χ1) is 16.7. The second-order valence-corrected chi connectivity index (χ2v) is 9.84. The number of hydrogen-bond donors (Lipinski definition) is 1. The molecule has 6 nitrogen and oxygen atoms in total. The van der Waals surface area contributed by atoms with Crippen LogP contribution in [0.1, 0.15) is 48.4 Å². The number of amides is 1. The fourth-order valence-corrected chi connectivity index (χ4v) is 5.21. The molecule has 0 saturated carbocycles. The van der Waals surface area contributed by atoms with Crippen molar-refractivity contribution in [2.45, 2.75) is 51.0 Å². The Balaban J connectivity index is 1.29. The number of halogens is 2. The number of nitrogens with zero attached hydrogens (tertiary/aromatic N) is 2. The molecule has 1 amide bonds. The number of hydrogen-bond acceptors (Lipinski definition) is 5. The van der Waals surface area contributed by atoms with E-state index in [0.29, 0.717) is 44.6 Å². The predicted octanol–water partition coefficient (Wildman–Crippen LogP) is 4.44. The molecule has 0 unspecified atom stereocenters. The van der Waals surface area contributed by atoms with Crippen LogP contribution in [-0.2, 0) is 16.9 Å². The molecule has 0 spiro atoms. The minimum Gasteiger partial charge on any atom is -0.451 e. The van der Waals surface area contributed by atoms with E-state index in [9.17, 15) is 18.7 Å². The molecular weight excluding hydrogens is 454 g/mol. The molecule has 186 valence electrons. The summed E-state index contributed by atoms with van der Waals surface area (Å²) in [5.41, 5.74) is 0.325. The molecule has 1 N–H and O–H groups in total. The monoisotopic (exact) mass is 484 g/mol. The Kier molecular flexibility index (Phi) is 6.38. The van der Waals surface area contributed by atoms with Crippen LogP contribution in [0.2, 0.25) is 0 Å². The molecule has 3 aromatic rings. The van der Waals surface area contributed by atoms with Crippen molar-refractivity contribution < 1.29 is 27.8 Å². The molecule has 0 bridgehead atoms. The Bertz CT molecular complexity index is 1200. The third kappa shape index (κ3) is 4.83. The van der Waals surface area contributed by atoms with Crippen molar-refractivity contribution in [3.8, 4) is 0 Å². The summed E-state index contributed by atoms with van der Waals surface area (Å²) >= 11 is 0. The highest BCUT2D eigenvalue weighted by Gasteiger charge is 2.35. The van der Waals surface area contributed by atoms with Crippen molar-refractivity contribution in [2.24, 2.45) is 0 Å². The Morgan fingerprint density at radius 2 is 1.71 bits per heavy atom. The van der Waals surface area contributed by atoms with Crippen molar-refractivity contribution in [2.75, 3.05) is 26.2 Å². The van der Waals surface area contributed by atoms with Crippen LogP contribution in [0, 0.1) is 11.6 Å². The van der Waals surface area contributed by atoms with Gasteiger partial charge in [-0.2, -0.15) is 0 Å². The molecule has 8 heteroatoms. The van der Waals surface area contributed by atoms with Gasteiger partial charge in [-0.3, -0.25) is 9.69 Å². The van der Waals surface area contributed by atoms with Crippen molar-refractivity contribution in [3.05, 3.63) is 71.0 Å². The van der Waals surface area contributed by atoms with Crippen molar-refractivity contribution in [1.29, 1.82) is 0 Å². The summed E-state index contributed by atoms with van der Waals surface area (Å²) in [6, 6.07) is 11.1. The second kappa shape index (κ2) is 9.33. The Hall–Kier alpha value is -2.81. The smallest absolute Gasteiger partial charge is 0.289 e. The van der Waals surface area contributed by atoms with E-state index in [2.05, 4.69) is 0 Å². The first-order valence-corrected chi connectivity index (χ1v) is 12.1. The standard InChI is InChI=1S/C27H30F2N2O4/c1-17-14-31(15-18(2)34-17)26(32)25-13-19-12-20(6-7-24(19)35-25)27(33)8-10-30(11-9-27)16-21-22(28)4-3-5-23(21)29/h3-7,12-13,17-18,33H,8-11,14-16H2,1-2H3/t17-,18+. The lowest BCUT2D eigenvalue weighted by Crippen LogP contribution is -2.48. The highest BCUT2D eigenvalue weighted by atomic mass is 19.1. The van der Waals surface area contributed by atoms with Crippen LogP contribution < -0.4 is 0 Å². The first-order valence-electron chi connectivity index (χ1n) is 12.1. The van der Waals surface area contributed by atoms with E-state index in [1.807, 2.05) is 30.9 Å². The Labute approximate surface area is 203 Å². The minimum absolute atomic E-state index is 0.0336. The molecule has 2 atom stereocenters. The summed E-state index contributed by atoms with van der Waals surface area (Å²) in [7, 11) is 0. The van der Waals surface area contributed by atoms with Crippen LogP contribution in [0.15, 0.2) is 46.9 Å². The minimum atomic E-state index is -1.06. The zero-order chi connectivity index (χ0) is 24.7. The molecule has 0 aliphatic carbocycles. The van der Waals surface area contributed by atoms with E-state index >= 15 is 0 Å². The lowest BCUT2D eigenvalue weighted by atomic mass is 9.84. The number of morpholine rings is 1. The maximum Gasteiger partial charge on any atom is 0.289 e. The molecule has 2 aliphatic heterocycles. The molecule has 35 heavy (non-hydrogen) atoms.